The van der Waals surface area contributed by atoms with Crippen LogP contribution in [0.25, 0.3) is 0 Å². The van der Waals surface area contributed by atoms with Gasteiger partial charge in [0.2, 0.25) is 11.8 Å². The van der Waals surface area contributed by atoms with Gasteiger partial charge in [-0.25, -0.2) is 13.1 Å². The van der Waals surface area contributed by atoms with Crippen LogP contribution >= 0.6 is 0 Å². The van der Waals surface area contributed by atoms with Gasteiger partial charge in [0.1, 0.15) is 17.9 Å². The molecule has 0 bridgehead atoms. The molecule has 0 saturated heterocycles. The molecule has 0 aromatic heterocycles. The van der Waals surface area contributed by atoms with Gasteiger partial charge in [-0.3, -0.25) is 14.4 Å². The Hall–Kier alpha value is -4.44. The Morgan fingerprint density at radius 1 is 1.05 bits per heavy atom. The molecule has 1 unspecified atom stereocenters. The maximum Gasteiger partial charge on any atom is 0.264 e. The van der Waals surface area contributed by atoms with Gasteiger partial charge in [-0.05, 0) is 42.2 Å². The second-order valence-electron chi connectivity index (χ2n) is 10.4. The fourth-order valence-corrected chi connectivity index (χ4v) is 6.24. The Labute approximate surface area is 239 Å². The van der Waals surface area contributed by atoms with E-state index in [9.17, 15) is 22.8 Å². The quantitative estimate of drug-likeness (QED) is 0.379. The second kappa shape index (κ2) is 11.2. The number of para-hydroxylation sites is 1. The van der Waals surface area contributed by atoms with Gasteiger partial charge in [-0.15, -0.1) is 6.58 Å². The molecule has 0 spiro atoms. The summed E-state index contributed by atoms with van der Waals surface area (Å²) in [6.07, 6.45) is 2.13. The van der Waals surface area contributed by atoms with Gasteiger partial charge in [0.15, 0.2) is 0 Å². The minimum Gasteiger partial charge on any atom is -0.489 e. The number of nitrogens with one attached hydrogen (secondary N) is 2. The van der Waals surface area contributed by atoms with E-state index in [0.717, 1.165) is 16.8 Å². The highest BCUT2D eigenvalue weighted by molar-refractivity contribution is 7.90. The summed E-state index contributed by atoms with van der Waals surface area (Å²) in [7, 11) is -4.28. The van der Waals surface area contributed by atoms with Crippen molar-refractivity contribution in [3.63, 3.8) is 0 Å². The van der Waals surface area contributed by atoms with Crippen molar-refractivity contribution in [3.05, 3.63) is 103 Å². The summed E-state index contributed by atoms with van der Waals surface area (Å²) >= 11 is 0. The van der Waals surface area contributed by atoms with Crippen molar-refractivity contribution in [1.29, 1.82) is 0 Å². The number of hydrogen-bond donors (Lipinski definition) is 2. The smallest absolute Gasteiger partial charge is 0.264 e. The molecule has 3 aromatic rings. The Kier molecular flexibility index (Phi) is 7.68. The highest BCUT2D eigenvalue weighted by atomic mass is 32.2. The third-order valence-electron chi connectivity index (χ3n) is 7.54. The van der Waals surface area contributed by atoms with Gasteiger partial charge in [-0.2, -0.15) is 0 Å². The summed E-state index contributed by atoms with van der Waals surface area (Å²) in [5, 5.41) is 2.80. The normalized spacial score (nSPS) is 21.2. The zero-order valence-electron chi connectivity index (χ0n) is 22.6. The van der Waals surface area contributed by atoms with E-state index in [1.165, 1.54) is 31.2 Å². The van der Waals surface area contributed by atoms with Crippen LogP contribution in [-0.4, -0.2) is 38.2 Å². The van der Waals surface area contributed by atoms with Gasteiger partial charge < -0.3 is 15.0 Å². The molecular formula is C31H31N3O6S. The van der Waals surface area contributed by atoms with E-state index in [1.54, 1.807) is 11.0 Å². The van der Waals surface area contributed by atoms with Crippen LogP contribution < -0.4 is 19.7 Å². The van der Waals surface area contributed by atoms with Crippen LogP contribution in [-0.2, 0) is 37.4 Å². The molecule has 1 saturated carbocycles. The third kappa shape index (κ3) is 5.88. The van der Waals surface area contributed by atoms with E-state index in [4.69, 9.17) is 4.74 Å². The van der Waals surface area contributed by atoms with Crippen LogP contribution in [0.1, 0.15) is 24.5 Å². The number of carbonyl (C=O) groups is 3. The molecule has 2 aliphatic rings. The van der Waals surface area contributed by atoms with Crippen molar-refractivity contribution in [1.82, 2.24) is 10.0 Å². The monoisotopic (exact) mass is 573 g/mol. The first-order valence-corrected chi connectivity index (χ1v) is 14.8. The van der Waals surface area contributed by atoms with Crippen molar-refractivity contribution in [2.75, 3.05) is 11.4 Å². The Morgan fingerprint density at radius 2 is 1.78 bits per heavy atom. The van der Waals surface area contributed by atoms with Gasteiger partial charge in [0, 0.05) is 31.1 Å². The van der Waals surface area contributed by atoms with E-state index in [2.05, 4.69) is 16.6 Å². The first kappa shape index (κ1) is 28.1. The van der Waals surface area contributed by atoms with Crippen molar-refractivity contribution in [2.24, 2.45) is 11.8 Å². The van der Waals surface area contributed by atoms with Gasteiger partial charge in [0.05, 0.1) is 10.8 Å². The molecule has 41 heavy (non-hydrogen) atoms. The molecule has 3 amide bonds. The lowest BCUT2D eigenvalue weighted by Crippen LogP contribution is -2.55. The molecule has 1 fully saturated rings. The van der Waals surface area contributed by atoms with Gasteiger partial charge >= 0.3 is 0 Å². The Morgan fingerprint density at radius 3 is 2.49 bits per heavy atom. The Bertz CT molecular complexity index is 1610. The lowest BCUT2D eigenvalue weighted by molar-refractivity contribution is -0.131. The molecule has 2 N–H and O–H groups in total. The standard InChI is InChI=1S/C31H31N3O6S/c1-3-25-18-31(25,32-29(36)24-16-23-12-7-8-15-28(23)34(19-24)21(2)35)30(37)33-41(38,39)27-14-9-13-26(17-27)40-20-22-10-5-4-6-11-22/h3-15,17,24-25H,1,16,18-20H2,2H3,(H,32,36)(H,33,37)/t24?,25-,31-/m1/s1. The van der Waals surface area contributed by atoms with Crippen LogP contribution in [0.15, 0.2) is 96.4 Å². The highest BCUT2D eigenvalue weighted by Gasteiger charge is 2.61. The Balaban J connectivity index is 1.29. The van der Waals surface area contributed by atoms with E-state index < -0.39 is 39.2 Å². The molecule has 1 aliphatic heterocycles. The minimum absolute atomic E-state index is 0.144. The number of hydrogen-bond acceptors (Lipinski definition) is 6. The molecule has 1 heterocycles. The molecule has 3 atom stereocenters. The fourth-order valence-electron chi connectivity index (χ4n) is 5.17. The topological polar surface area (TPSA) is 122 Å². The van der Waals surface area contributed by atoms with E-state index >= 15 is 0 Å². The molecule has 212 valence electrons. The van der Waals surface area contributed by atoms with Crippen molar-refractivity contribution in [2.45, 2.75) is 36.8 Å². The molecule has 3 aromatic carbocycles. The summed E-state index contributed by atoms with van der Waals surface area (Å²) in [6.45, 7) is 5.59. The number of carbonyl (C=O) groups excluding carboxylic acids is 3. The first-order valence-electron chi connectivity index (χ1n) is 13.3. The maximum absolute atomic E-state index is 13.4. The lowest BCUT2D eigenvalue weighted by Gasteiger charge is -2.34. The predicted octanol–water partition coefficient (Wildman–Crippen LogP) is 3.36. The van der Waals surface area contributed by atoms with Crippen LogP contribution in [0.2, 0.25) is 0 Å². The number of sulfonamides is 1. The summed E-state index contributed by atoms with van der Waals surface area (Å²) in [5.41, 5.74) is 1.07. The second-order valence-corrected chi connectivity index (χ2v) is 12.0. The number of nitrogens with zero attached hydrogens (tertiary/aromatic N) is 1. The summed E-state index contributed by atoms with van der Waals surface area (Å²) in [4.78, 5) is 40.6. The van der Waals surface area contributed by atoms with Crippen molar-refractivity contribution in [3.8, 4) is 5.75 Å². The van der Waals surface area contributed by atoms with Gasteiger partial charge in [0.25, 0.3) is 15.9 Å². The lowest BCUT2D eigenvalue weighted by atomic mass is 9.91. The van der Waals surface area contributed by atoms with Crippen molar-refractivity contribution < 1.29 is 27.5 Å². The zero-order chi connectivity index (χ0) is 29.2. The summed E-state index contributed by atoms with van der Waals surface area (Å²) < 4.78 is 34.3. The number of benzene rings is 3. The molecule has 10 heteroatoms. The SMILES string of the molecule is C=C[C@@H]1C[C@]1(NC(=O)C1Cc2ccccc2N(C(C)=O)C1)C(=O)NS(=O)(=O)c1cccc(OCc2ccccc2)c1. The average Bonchev–Trinajstić information content (AvgIpc) is 3.70. The van der Waals surface area contributed by atoms with E-state index in [-0.39, 0.29) is 30.4 Å². The number of anilines is 1. The minimum atomic E-state index is -4.28. The number of fused-ring (bicyclic) bond motifs is 1. The van der Waals surface area contributed by atoms with Crippen molar-refractivity contribution >= 4 is 33.4 Å². The molecule has 9 nitrogen and oxygen atoms in total. The van der Waals surface area contributed by atoms with Crippen LogP contribution in [0.5, 0.6) is 5.75 Å². The number of amides is 3. The van der Waals surface area contributed by atoms with Crippen LogP contribution in [0, 0.1) is 11.8 Å². The summed E-state index contributed by atoms with van der Waals surface area (Å²) in [5.74, 6) is -2.19. The fraction of sp³-hybridized carbons (Fsp3) is 0.258. The number of rotatable bonds is 9. The molecule has 5 rings (SSSR count). The highest BCUT2D eigenvalue weighted by Crippen LogP contribution is 2.45. The van der Waals surface area contributed by atoms with E-state index in [0.29, 0.717) is 12.2 Å². The predicted molar refractivity (Wildman–Crippen MR) is 153 cm³/mol. The first-order chi connectivity index (χ1) is 19.6. The van der Waals surface area contributed by atoms with Gasteiger partial charge in [-0.1, -0.05) is 60.7 Å². The summed E-state index contributed by atoms with van der Waals surface area (Å²) in [6, 6.07) is 22.7. The van der Waals surface area contributed by atoms with Crippen LogP contribution in [0.4, 0.5) is 5.69 Å². The molecule has 1 aliphatic carbocycles. The molecule has 0 radical (unpaired) electrons. The third-order valence-corrected chi connectivity index (χ3v) is 8.87. The van der Waals surface area contributed by atoms with E-state index in [1.807, 2.05) is 54.6 Å². The zero-order valence-corrected chi connectivity index (χ0v) is 23.4. The number of ether oxygens (including phenoxy) is 1. The average molecular weight is 574 g/mol. The van der Waals surface area contributed by atoms with Crippen LogP contribution in [0.3, 0.4) is 0 Å². The molecular weight excluding hydrogens is 542 g/mol. The largest absolute Gasteiger partial charge is 0.489 e. The maximum atomic E-state index is 13.4.